The van der Waals surface area contributed by atoms with Crippen molar-refractivity contribution in [2.24, 2.45) is 5.73 Å². The standard InChI is InChI=1S/C25H44N6O7S2/c1-25(2,7-13-36-19-28-10-15-35-17-16-34-14-8-26)40-39-20-37-11-3-4-12-38-24(33)29-9-5-6-21-18-30-23(32)31-22(21)27/h18,28H,3-4,7-17,19-20,26H2,1-2H3,(H,29,33)(H3,27,30,31,32). The van der Waals surface area contributed by atoms with Crippen LogP contribution in [-0.4, -0.2) is 99.4 Å². The Labute approximate surface area is 244 Å². The van der Waals surface area contributed by atoms with Gasteiger partial charge in [0.15, 0.2) is 0 Å². The lowest BCUT2D eigenvalue weighted by atomic mass is 10.1. The molecule has 0 spiro atoms. The predicted molar refractivity (Wildman–Crippen MR) is 159 cm³/mol. The van der Waals surface area contributed by atoms with Crippen molar-refractivity contribution < 1.29 is 28.5 Å². The molecule has 0 aliphatic carbocycles. The number of hydrogen-bond donors (Lipinski definition) is 5. The zero-order valence-electron chi connectivity index (χ0n) is 23.5. The molecule has 0 aromatic carbocycles. The number of H-pyrrole nitrogens is 1. The van der Waals surface area contributed by atoms with E-state index < -0.39 is 11.8 Å². The number of nitrogens with two attached hydrogens (primary N) is 2. The number of unbranched alkanes of at least 4 members (excludes halogenated alkanes) is 1. The quantitative estimate of drug-likeness (QED) is 0.0521. The number of nitrogens with one attached hydrogen (secondary N) is 3. The number of amides is 1. The van der Waals surface area contributed by atoms with Crippen LogP contribution in [0.25, 0.3) is 0 Å². The lowest BCUT2D eigenvalue weighted by Crippen LogP contribution is -2.25. The van der Waals surface area contributed by atoms with E-state index in [0.717, 1.165) is 19.4 Å². The maximum atomic E-state index is 11.7. The van der Waals surface area contributed by atoms with E-state index in [2.05, 4.69) is 46.3 Å². The minimum absolute atomic E-state index is 0.0652. The molecule has 0 radical (unpaired) electrons. The van der Waals surface area contributed by atoms with E-state index >= 15 is 0 Å². The van der Waals surface area contributed by atoms with Crippen LogP contribution in [0.3, 0.4) is 0 Å². The molecule has 1 amide bonds. The fourth-order valence-electron chi connectivity index (χ4n) is 2.69. The molecule has 0 saturated heterocycles. The maximum absolute atomic E-state index is 11.7. The third-order valence-corrected chi connectivity index (χ3v) is 7.86. The zero-order valence-corrected chi connectivity index (χ0v) is 25.1. The van der Waals surface area contributed by atoms with Gasteiger partial charge in [0.1, 0.15) is 11.8 Å². The van der Waals surface area contributed by atoms with Crippen molar-refractivity contribution in [1.29, 1.82) is 0 Å². The molecule has 1 heterocycles. The summed E-state index contributed by atoms with van der Waals surface area (Å²) in [5.74, 6) is 6.15. The number of anilines is 1. The molecule has 0 aliphatic rings. The molecule has 7 N–H and O–H groups in total. The average Bonchev–Trinajstić information content (AvgIpc) is 2.91. The molecule has 0 bridgehead atoms. The van der Waals surface area contributed by atoms with E-state index in [4.69, 9.17) is 35.2 Å². The number of hydrogen-bond acceptors (Lipinski definition) is 13. The number of nitrogen functional groups attached to an aromatic ring is 1. The molecule has 13 nitrogen and oxygen atoms in total. The maximum Gasteiger partial charge on any atom is 0.407 e. The van der Waals surface area contributed by atoms with Crippen LogP contribution < -0.4 is 27.8 Å². The van der Waals surface area contributed by atoms with Crippen LogP contribution in [0.2, 0.25) is 0 Å². The molecule has 0 atom stereocenters. The Balaban J connectivity index is 1.90. The summed E-state index contributed by atoms with van der Waals surface area (Å²) < 4.78 is 27.2. The fourth-order valence-corrected chi connectivity index (χ4v) is 4.96. The second-order valence-electron chi connectivity index (χ2n) is 8.82. The van der Waals surface area contributed by atoms with E-state index in [0.29, 0.717) is 77.4 Å². The number of carbonyl (C=O) groups excluding carboxylic acids is 1. The normalized spacial score (nSPS) is 11.2. The molecular weight excluding hydrogens is 560 g/mol. The van der Waals surface area contributed by atoms with Gasteiger partial charge in [0.25, 0.3) is 0 Å². The molecule has 0 unspecified atom stereocenters. The van der Waals surface area contributed by atoms with Crippen molar-refractivity contribution in [2.75, 3.05) is 84.3 Å². The van der Waals surface area contributed by atoms with Gasteiger partial charge in [-0.2, -0.15) is 0 Å². The Kier molecular flexibility index (Phi) is 21.3. The molecule has 228 valence electrons. The number of aromatic amines is 1. The highest BCUT2D eigenvalue weighted by Crippen LogP contribution is 2.37. The third kappa shape index (κ3) is 20.8. The van der Waals surface area contributed by atoms with Crippen LogP contribution in [0.4, 0.5) is 10.6 Å². The second-order valence-corrected chi connectivity index (χ2v) is 11.8. The van der Waals surface area contributed by atoms with Crippen molar-refractivity contribution in [1.82, 2.24) is 20.6 Å². The summed E-state index contributed by atoms with van der Waals surface area (Å²) in [4.78, 5) is 28.6. The molecular formula is C25H44N6O7S2. The van der Waals surface area contributed by atoms with Crippen molar-refractivity contribution in [3.63, 3.8) is 0 Å². The van der Waals surface area contributed by atoms with Gasteiger partial charge in [0, 0.05) is 31.1 Å². The van der Waals surface area contributed by atoms with E-state index in [9.17, 15) is 9.59 Å². The molecule has 0 fully saturated rings. The number of aromatic nitrogens is 2. The Bertz CT molecular complexity index is 927. The molecule has 1 rings (SSSR count). The van der Waals surface area contributed by atoms with E-state index in [-0.39, 0.29) is 17.1 Å². The highest BCUT2D eigenvalue weighted by molar-refractivity contribution is 8.77. The molecule has 40 heavy (non-hydrogen) atoms. The van der Waals surface area contributed by atoms with Crippen LogP contribution >= 0.6 is 21.6 Å². The van der Waals surface area contributed by atoms with Gasteiger partial charge in [-0.15, -0.1) is 0 Å². The molecule has 0 aliphatic heterocycles. The van der Waals surface area contributed by atoms with Crippen molar-refractivity contribution in [3.05, 3.63) is 22.2 Å². The van der Waals surface area contributed by atoms with Gasteiger partial charge in [-0.25, -0.2) is 14.6 Å². The zero-order chi connectivity index (χ0) is 29.3. The first kappa shape index (κ1) is 36.0. The molecule has 0 saturated carbocycles. The first-order valence-corrected chi connectivity index (χ1v) is 15.4. The predicted octanol–water partition coefficient (Wildman–Crippen LogP) is 1.29. The van der Waals surface area contributed by atoms with Crippen molar-refractivity contribution >= 4 is 33.5 Å². The summed E-state index contributed by atoms with van der Waals surface area (Å²) >= 11 is 0. The van der Waals surface area contributed by atoms with Gasteiger partial charge < -0.3 is 40.5 Å². The number of alkyl carbamates (subject to hydrolysis) is 1. The minimum Gasteiger partial charge on any atom is -0.450 e. The highest BCUT2D eigenvalue weighted by atomic mass is 33.1. The smallest absolute Gasteiger partial charge is 0.407 e. The van der Waals surface area contributed by atoms with Gasteiger partial charge in [0.05, 0.1) is 58.1 Å². The average molecular weight is 605 g/mol. The van der Waals surface area contributed by atoms with Crippen LogP contribution in [0.1, 0.15) is 38.7 Å². The SMILES string of the molecule is CC(C)(CCOCNCCOCCOCCN)SSCOCCCCOC(=O)NCC#Cc1cnc(=O)[nH]c1N. The summed E-state index contributed by atoms with van der Waals surface area (Å²) in [5.41, 5.74) is 10.8. The van der Waals surface area contributed by atoms with Crippen molar-refractivity contribution in [2.45, 2.75) is 37.9 Å². The van der Waals surface area contributed by atoms with E-state index in [1.54, 1.807) is 21.6 Å². The van der Waals surface area contributed by atoms with Gasteiger partial charge >= 0.3 is 11.8 Å². The number of ether oxygens (including phenoxy) is 5. The highest BCUT2D eigenvalue weighted by Gasteiger charge is 2.18. The monoisotopic (exact) mass is 604 g/mol. The van der Waals surface area contributed by atoms with E-state index in [1.807, 2.05) is 0 Å². The Morgan fingerprint density at radius 1 is 1.07 bits per heavy atom. The van der Waals surface area contributed by atoms with Crippen LogP contribution in [0.5, 0.6) is 0 Å². The summed E-state index contributed by atoms with van der Waals surface area (Å²) in [6.07, 6.45) is 3.13. The largest absolute Gasteiger partial charge is 0.450 e. The van der Waals surface area contributed by atoms with Gasteiger partial charge in [-0.3, -0.25) is 10.3 Å². The van der Waals surface area contributed by atoms with E-state index in [1.165, 1.54) is 6.20 Å². The number of nitrogens with zero attached hydrogens (tertiary/aromatic N) is 1. The Hall–Kier alpha value is -2.03. The lowest BCUT2D eigenvalue weighted by Gasteiger charge is -2.23. The first-order valence-electron chi connectivity index (χ1n) is 13.1. The third-order valence-electron chi connectivity index (χ3n) is 4.83. The summed E-state index contributed by atoms with van der Waals surface area (Å²) in [7, 11) is 3.46. The molecule has 1 aromatic rings. The molecule has 15 heteroatoms. The van der Waals surface area contributed by atoms with Gasteiger partial charge in [0.2, 0.25) is 0 Å². The minimum atomic E-state index is -0.550. The topological polar surface area (TPSA) is 185 Å². The second kappa shape index (κ2) is 23.7. The van der Waals surface area contributed by atoms with Crippen LogP contribution in [0, 0.1) is 11.8 Å². The number of carbonyl (C=O) groups is 1. The lowest BCUT2D eigenvalue weighted by molar-refractivity contribution is 0.0465. The van der Waals surface area contributed by atoms with Crippen LogP contribution in [-0.2, 0) is 23.7 Å². The fraction of sp³-hybridized carbons (Fsp3) is 0.720. The summed E-state index contributed by atoms with van der Waals surface area (Å²) in [6, 6.07) is 0. The van der Waals surface area contributed by atoms with Crippen molar-refractivity contribution in [3.8, 4) is 11.8 Å². The number of rotatable bonds is 23. The van der Waals surface area contributed by atoms with Crippen LogP contribution in [0.15, 0.2) is 11.0 Å². The Morgan fingerprint density at radius 3 is 2.62 bits per heavy atom. The van der Waals surface area contributed by atoms with Gasteiger partial charge in [-0.05, 0) is 33.1 Å². The van der Waals surface area contributed by atoms with Gasteiger partial charge in [-0.1, -0.05) is 33.4 Å². The first-order chi connectivity index (χ1) is 19.3. The summed E-state index contributed by atoms with van der Waals surface area (Å²) in [5, 5.41) is 5.72. The summed E-state index contributed by atoms with van der Waals surface area (Å²) in [6.45, 7) is 10.1. The molecule has 1 aromatic heterocycles. The Morgan fingerprint density at radius 2 is 1.85 bits per heavy atom.